The number of amides is 1. The van der Waals surface area contributed by atoms with Crippen LogP contribution >= 0.6 is 0 Å². The van der Waals surface area contributed by atoms with Gasteiger partial charge in [-0.3, -0.25) is 19.7 Å². The Hall–Kier alpha value is -2.51. The van der Waals surface area contributed by atoms with Gasteiger partial charge in [-0.1, -0.05) is 13.8 Å². The number of carboxylic acids is 1. The Kier molecular flexibility index (Phi) is 4.96. The molecule has 0 saturated heterocycles. The van der Waals surface area contributed by atoms with Crippen LogP contribution in [0.5, 0.6) is 0 Å². The number of anilines is 1. The summed E-state index contributed by atoms with van der Waals surface area (Å²) >= 11 is 0. The number of nitro benzene ring substituents is 1. The first-order valence-corrected chi connectivity index (χ1v) is 6.06. The zero-order valence-electron chi connectivity index (χ0n) is 11.6. The van der Waals surface area contributed by atoms with Crippen molar-refractivity contribution in [3.8, 4) is 0 Å². The summed E-state index contributed by atoms with van der Waals surface area (Å²) in [5.41, 5.74) is -1.50. The third kappa shape index (κ3) is 5.17. The lowest BCUT2D eigenvalue weighted by molar-refractivity contribution is -0.384. The molecule has 0 radical (unpaired) electrons. The second-order valence-electron chi connectivity index (χ2n) is 5.38. The maximum absolute atomic E-state index is 13.1. The number of halogens is 1. The number of hydrogen-bond donors (Lipinski definition) is 2. The SMILES string of the molecule is CC(C)(CC(=O)O)CC(=O)Nc1cc(F)ccc1[N+](=O)[O-]. The summed E-state index contributed by atoms with van der Waals surface area (Å²) in [6.45, 7) is 3.17. The summed E-state index contributed by atoms with van der Waals surface area (Å²) in [4.78, 5) is 32.6. The fourth-order valence-corrected chi connectivity index (χ4v) is 1.87. The van der Waals surface area contributed by atoms with Gasteiger partial charge in [-0.05, 0) is 11.5 Å². The molecule has 21 heavy (non-hydrogen) atoms. The third-order valence-corrected chi connectivity index (χ3v) is 2.70. The van der Waals surface area contributed by atoms with E-state index in [0.717, 1.165) is 18.2 Å². The van der Waals surface area contributed by atoms with E-state index in [0.29, 0.717) is 0 Å². The topological polar surface area (TPSA) is 110 Å². The molecule has 2 N–H and O–H groups in total. The first kappa shape index (κ1) is 16.5. The molecule has 0 atom stereocenters. The number of nitro groups is 1. The quantitative estimate of drug-likeness (QED) is 0.619. The normalized spacial score (nSPS) is 11.0. The molecule has 0 fully saturated rings. The number of benzene rings is 1. The van der Waals surface area contributed by atoms with Crippen LogP contribution < -0.4 is 5.32 Å². The van der Waals surface area contributed by atoms with Crippen molar-refractivity contribution in [1.82, 2.24) is 0 Å². The lowest BCUT2D eigenvalue weighted by atomic mass is 9.85. The van der Waals surface area contributed by atoms with E-state index in [9.17, 15) is 24.1 Å². The smallest absolute Gasteiger partial charge is 0.303 e. The van der Waals surface area contributed by atoms with Crippen molar-refractivity contribution in [2.45, 2.75) is 26.7 Å². The molecule has 0 aromatic heterocycles. The van der Waals surface area contributed by atoms with Crippen molar-refractivity contribution in [2.75, 3.05) is 5.32 Å². The molecule has 0 spiro atoms. The average Bonchev–Trinajstić information content (AvgIpc) is 2.24. The second-order valence-corrected chi connectivity index (χ2v) is 5.38. The second kappa shape index (κ2) is 6.29. The molecule has 0 aliphatic heterocycles. The maximum Gasteiger partial charge on any atom is 0.303 e. The molecule has 1 rings (SSSR count). The molecule has 0 bridgehead atoms. The van der Waals surface area contributed by atoms with Gasteiger partial charge >= 0.3 is 5.97 Å². The third-order valence-electron chi connectivity index (χ3n) is 2.70. The van der Waals surface area contributed by atoms with Gasteiger partial charge in [0.1, 0.15) is 11.5 Å². The van der Waals surface area contributed by atoms with Crippen LogP contribution in [0.1, 0.15) is 26.7 Å². The largest absolute Gasteiger partial charge is 0.481 e. The van der Waals surface area contributed by atoms with Gasteiger partial charge in [0, 0.05) is 18.6 Å². The van der Waals surface area contributed by atoms with Crippen molar-refractivity contribution >= 4 is 23.3 Å². The molecule has 0 unspecified atom stereocenters. The molecule has 7 nitrogen and oxygen atoms in total. The van der Waals surface area contributed by atoms with Gasteiger partial charge in [0.25, 0.3) is 5.69 Å². The molecular formula is C13H15FN2O5. The highest BCUT2D eigenvalue weighted by Gasteiger charge is 2.26. The zero-order chi connectivity index (χ0) is 16.2. The number of nitrogens with one attached hydrogen (secondary N) is 1. The molecule has 1 aromatic carbocycles. The number of hydrogen-bond acceptors (Lipinski definition) is 4. The Labute approximate surface area is 119 Å². The summed E-state index contributed by atoms with van der Waals surface area (Å²) in [6, 6.07) is 2.72. The maximum atomic E-state index is 13.1. The van der Waals surface area contributed by atoms with E-state index >= 15 is 0 Å². The zero-order valence-corrected chi connectivity index (χ0v) is 11.6. The monoisotopic (exact) mass is 298 g/mol. The van der Waals surface area contributed by atoms with E-state index < -0.39 is 33.7 Å². The first-order valence-electron chi connectivity index (χ1n) is 6.06. The van der Waals surface area contributed by atoms with E-state index in [2.05, 4.69) is 5.32 Å². The van der Waals surface area contributed by atoms with Gasteiger partial charge in [0.15, 0.2) is 0 Å². The summed E-state index contributed by atoms with van der Waals surface area (Å²) in [6.07, 6.45) is -0.390. The Bertz CT molecular complexity index is 586. The number of nitrogens with zero attached hydrogens (tertiary/aromatic N) is 1. The van der Waals surface area contributed by atoms with Crippen molar-refractivity contribution in [3.63, 3.8) is 0 Å². The van der Waals surface area contributed by atoms with E-state index in [4.69, 9.17) is 5.11 Å². The molecule has 114 valence electrons. The molecule has 0 saturated carbocycles. The van der Waals surface area contributed by atoms with Gasteiger partial charge in [0.2, 0.25) is 5.91 Å². The van der Waals surface area contributed by atoms with Crippen LogP contribution in [0.15, 0.2) is 18.2 Å². The highest BCUT2D eigenvalue weighted by atomic mass is 19.1. The minimum atomic E-state index is -1.05. The highest BCUT2D eigenvalue weighted by Crippen LogP contribution is 2.28. The van der Waals surface area contributed by atoms with Crippen molar-refractivity contribution in [2.24, 2.45) is 5.41 Å². The Balaban J connectivity index is 2.86. The summed E-state index contributed by atoms with van der Waals surface area (Å²) in [5.74, 6) is -2.39. The first-order chi connectivity index (χ1) is 9.60. The Morgan fingerprint density at radius 2 is 2.00 bits per heavy atom. The lowest BCUT2D eigenvalue weighted by Crippen LogP contribution is -2.25. The number of aliphatic carboxylic acids is 1. The minimum absolute atomic E-state index is 0.160. The van der Waals surface area contributed by atoms with Crippen LogP contribution in [0.25, 0.3) is 0 Å². The lowest BCUT2D eigenvalue weighted by Gasteiger charge is -2.21. The van der Waals surface area contributed by atoms with Crippen LogP contribution in [0.4, 0.5) is 15.8 Å². The van der Waals surface area contributed by atoms with Gasteiger partial charge in [-0.25, -0.2) is 4.39 Å². The molecule has 0 aliphatic rings. The Morgan fingerprint density at radius 1 is 1.38 bits per heavy atom. The minimum Gasteiger partial charge on any atom is -0.481 e. The van der Waals surface area contributed by atoms with Crippen LogP contribution in [0, 0.1) is 21.3 Å². The predicted molar refractivity (Wildman–Crippen MR) is 72.3 cm³/mol. The predicted octanol–water partition coefficient (Wildman–Crippen LogP) is 2.56. The van der Waals surface area contributed by atoms with E-state index in [-0.39, 0.29) is 18.5 Å². The van der Waals surface area contributed by atoms with Crippen molar-refractivity contribution in [3.05, 3.63) is 34.1 Å². The summed E-state index contributed by atoms with van der Waals surface area (Å²) < 4.78 is 13.1. The van der Waals surface area contributed by atoms with Crippen LogP contribution in [-0.4, -0.2) is 21.9 Å². The van der Waals surface area contributed by atoms with Gasteiger partial charge in [-0.2, -0.15) is 0 Å². The van der Waals surface area contributed by atoms with E-state index in [1.165, 1.54) is 0 Å². The van der Waals surface area contributed by atoms with Crippen LogP contribution in [0.2, 0.25) is 0 Å². The average molecular weight is 298 g/mol. The molecular weight excluding hydrogens is 283 g/mol. The highest BCUT2D eigenvalue weighted by molar-refractivity contribution is 5.93. The number of carbonyl (C=O) groups excluding carboxylic acids is 1. The number of carbonyl (C=O) groups is 2. The fourth-order valence-electron chi connectivity index (χ4n) is 1.87. The number of rotatable bonds is 6. The molecule has 0 heterocycles. The van der Waals surface area contributed by atoms with Gasteiger partial charge in [0.05, 0.1) is 11.3 Å². The number of carboxylic acid groups (broad SMARTS) is 1. The van der Waals surface area contributed by atoms with Crippen LogP contribution in [0.3, 0.4) is 0 Å². The van der Waals surface area contributed by atoms with Crippen molar-refractivity contribution < 1.29 is 24.0 Å². The summed E-state index contributed by atoms with van der Waals surface area (Å²) in [7, 11) is 0. The van der Waals surface area contributed by atoms with Gasteiger partial charge in [-0.15, -0.1) is 0 Å². The van der Waals surface area contributed by atoms with Crippen LogP contribution in [-0.2, 0) is 9.59 Å². The van der Waals surface area contributed by atoms with E-state index in [1.54, 1.807) is 13.8 Å². The fraction of sp³-hybridized carbons (Fsp3) is 0.385. The summed E-state index contributed by atoms with van der Waals surface area (Å²) in [5, 5.41) is 21.8. The molecule has 1 amide bonds. The van der Waals surface area contributed by atoms with Gasteiger partial charge < -0.3 is 10.4 Å². The van der Waals surface area contributed by atoms with E-state index in [1.807, 2.05) is 0 Å². The molecule has 0 aliphatic carbocycles. The Morgan fingerprint density at radius 3 is 2.52 bits per heavy atom. The molecule has 8 heteroatoms. The molecule has 1 aromatic rings. The van der Waals surface area contributed by atoms with Crippen molar-refractivity contribution in [1.29, 1.82) is 0 Å². The standard InChI is InChI=1S/C13H15FN2O5/c1-13(2,7-12(18)19)6-11(17)15-9-5-8(14)3-4-10(9)16(20)21/h3-5H,6-7H2,1-2H3,(H,15,17)(H,18,19).